The summed E-state index contributed by atoms with van der Waals surface area (Å²) in [4.78, 5) is 28.2. The average Bonchev–Trinajstić information content (AvgIpc) is 3.38. The number of hydrogen-bond donors (Lipinski definition) is 1. The molecule has 5 rings (SSSR count). The van der Waals surface area contributed by atoms with E-state index >= 15 is 0 Å². The standard InChI is InChI=1S/C23H23N5O4/c29-23-21-19(20(24-25-21)16-4-2-1-3-5-16)22(17-6-8-18(9-7-17)28(30)31)27(23)11-10-26-12-14-32-15-13-26/h1-9,22H,10-15H2,(H,24,25). The van der Waals surface area contributed by atoms with Gasteiger partial charge in [-0.15, -0.1) is 0 Å². The van der Waals surface area contributed by atoms with E-state index in [9.17, 15) is 14.9 Å². The number of H-pyrrole nitrogens is 1. The van der Waals surface area contributed by atoms with Crippen LogP contribution in [0.4, 0.5) is 5.69 Å². The van der Waals surface area contributed by atoms with Gasteiger partial charge in [-0.05, 0) is 17.7 Å². The number of amides is 1. The summed E-state index contributed by atoms with van der Waals surface area (Å²) in [6.07, 6.45) is 0. The van der Waals surface area contributed by atoms with Gasteiger partial charge in [0.15, 0.2) is 0 Å². The number of hydrogen-bond acceptors (Lipinski definition) is 6. The highest BCUT2D eigenvalue weighted by Crippen LogP contribution is 2.42. The van der Waals surface area contributed by atoms with Gasteiger partial charge in [-0.25, -0.2) is 0 Å². The fourth-order valence-corrected chi connectivity index (χ4v) is 4.44. The summed E-state index contributed by atoms with van der Waals surface area (Å²) < 4.78 is 5.43. The molecule has 1 unspecified atom stereocenters. The molecule has 9 heteroatoms. The zero-order valence-electron chi connectivity index (χ0n) is 17.4. The molecule has 3 aromatic rings. The van der Waals surface area contributed by atoms with Crippen LogP contribution in [0.2, 0.25) is 0 Å². The van der Waals surface area contributed by atoms with E-state index in [1.54, 1.807) is 12.1 Å². The quantitative estimate of drug-likeness (QED) is 0.473. The van der Waals surface area contributed by atoms with Crippen molar-refractivity contribution in [1.82, 2.24) is 20.0 Å². The van der Waals surface area contributed by atoms with Crippen molar-refractivity contribution in [2.24, 2.45) is 0 Å². The molecule has 1 saturated heterocycles. The van der Waals surface area contributed by atoms with E-state index in [4.69, 9.17) is 4.74 Å². The summed E-state index contributed by atoms with van der Waals surface area (Å²) in [6.45, 7) is 4.34. The second kappa shape index (κ2) is 8.52. The van der Waals surface area contributed by atoms with Crippen LogP contribution in [-0.2, 0) is 4.74 Å². The molecular formula is C23H23N5O4. The van der Waals surface area contributed by atoms with Crippen LogP contribution in [0.5, 0.6) is 0 Å². The maximum atomic E-state index is 13.4. The van der Waals surface area contributed by atoms with Gasteiger partial charge in [-0.1, -0.05) is 30.3 Å². The van der Waals surface area contributed by atoms with Crippen molar-refractivity contribution in [3.8, 4) is 11.3 Å². The maximum Gasteiger partial charge on any atom is 0.273 e. The topological polar surface area (TPSA) is 105 Å². The van der Waals surface area contributed by atoms with Crippen molar-refractivity contribution in [1.29, 1.82) is 0 Å². The first kappa shape index (κ1) is 20.3. The number of nitrogens with one attached hydrogen (secondary N) is 1. The van der Waals surface area contributed by atoms with Crippen molar-refractivity contribution in [2.45, 2.75) is 6.04 Å². The molecule has 2 aliphatic heterocycles. The monoisotopic (exact) mass is 433 g/mol. The highest BCUT2D eigenvalue weighted by molar-refractivity contribution is 6.00. The maximum absolute atomic E-state index is 13.4. The summed E-state index contributed by atoms with van der Waals surface area (Å²) in [5.41, 5.74) is 3.79. The molecule has 0 radical (unpaired) electrons. The van der Waals surface area contributed by atoms with E-state index in [0.717, 1.165) is 42.0 Å². The number of non-ortho nitro benzene ring substituents is 1. The third-order valence-electron chi connectivity index (χ3n) is 6.09. The van der Waals surface area contributed by atoms with Crippen LogP contribution in [0.3, 0.4) is 0 Å². The lowest BCUT2D eigenvalue weighted by atomic mass is 9.96. The lowest BCUT2D eigenvalue weighted by Gasteiger charge is -2.31. The normalized spacial score (nSPS) is 18.7. The van der Waals surface area contributed by atoms with Gasteiger partial charge in [0.2, 0.25) is 0 Å². The van der Waals surface area contributed by atoms with Gasteiger partial charge in [0.05, 0.1) is 29.9 Å². The van der Waals surface area contributed by atoms with Crippen LogP contribution in [0.25, 0.3) is 11.3 Å². The van der Waals surface area contributed by atoms with Crippen LogP contribution < -0.4 is 0 Å². The van der Waals surface area contributed by atoms with E-state index in [1.807, 2.05) is 35.2 Å². The van der Waals surface area contributed by atoms with Crippen LogP contribution in [0, 0.1) is 10.1 Å². The number of carbonyl (C=O) groups excluding carboxylic acids is 1. The highest BCUT2D eigenvalue weighted by Gasteiger charge is 2.42. The average molecular weight is 433 g/mol. The van der Waals surface area contributed by atoms with Crippen LogP contribution >= 0.6 is 0 Å². The first-order chi connectivity index (χ1) is 15.6. The van der Waals surface area contributed by atoms with Crippen LogP contribution in [0.1, 0.15) is 27.7 Å². The van der Waals surface area contributed by atoms with Gasteiger partial charge in [0.25, 0.3) is 11.6 Å². The molecule has 2 aromatic carbocycles. The molecule has 1 atom stereocenters. The number of ether oxygens (including phenoxy) is 1. The molecule has 32 heavy (non-hydrogen) atoms. The number of carbonyl (C=O) groups is 1. The molecule has 0 aliphatic carbocycles. The molecule has 3 heterocycles. The minimum atomic E-state index is -0.418. The van der Waals surface area contributed by atoms with Crippen molar-refractivity contribution in [3.63, 3.8) is 0 Å². The first-order valence-electron chi connectivity index (χ1n) is 10.6. The lowest BCUT2D eigenvalue weighted by Crippen LogP contribution is -2.42. The summed E-state index contributed by atoms with van der Waals surface area (Å²) in [5.74, 6) is -0.105. The molecule has 0 bridgehead atoms. The minimum absolute atomic E-state index is 0.0219. The smallest absolute Gasteiger partial charge is 0.273 e. The fourth-order valence-electron chi connectivity index (χ4n) is 4.44. The molecule has 1 amide bonds. The van der Waals surface area contributed by atoms with Crippen LogP contribution in [0.15, 0.2) is 54.6 Å². The molecule has 1 aromatic heterocycles. The summed E-state index contributed by atoms with van der Waals surface area (Å²) in [6, 6.07) is 15.8. The minimum Gasteiger partial charge on any atom is -0.379 e. The molecule has 2 aliphatic rings. The Kier molecular flexibility index (Phi) is 5.42. The van der Waals surface area contributed by atoms with Gasteiger partial charge < -0.3 is 9.64 Å². The Morgan fingerprint density at radius 2 is 1.78 bits per heavy atom. The van der Waals surface area contributed by atoms with E-state index in [1.165, 1.54) is 12.1 Å². The van der Waals surface area contributed by atoms with Crippen molar-refractivity contribution in [3.05, 3.63) is 81.5 Å². The Balaban J connectivity index is 1.53. The van der Waals surface area contributed by atoms with Crippen molar-refractivity contribution < 1.29 is 14.5 Å². The van der Waals surface area contributed by atoms with E-state index < -0.39 is 4.92 Å². The van der Waals surface area contributed by atoms with Crippen molar-refractivity contribution >= 4 is 11.6 Å². The predicted octanol–water partition coefficient (Wildman–Crippen LogP) is 2.86. The number of rotatable bonds is 6. The van der Waals surface area contributed by atoms with Gasteiger partial charge in [-0.2, -0.15) is 5.10 Å². The number of aromatic amines is 1. The number of nitrogens with zero attached hydrogens (tertiary/aromatic N) is 4. The second-order valence-corrected chi connectivity index (χ2v) is 7.93. The van der Waals surface area contributed by atoms with Crippen LogP contribution in [-0.4, -0.2) is 70.2 Å². The summed E-state index contributed by atoms with van der Waals surface area (Å²) in [7, 11) is 0. The number of aromatic nitrogens is 2. The molecule has 1 fully saturated rings. The number of fused-ring (bicyclic) bond motifs is 1. The zero-order chi connectivity index (χ0) is 22.1. The first-order valence-corrected chi connectivity index (χ1v) is 10.6. The summed E-state index contributed by atoms with van der Waals surface area (Å²) in [5, 5.41) is 18.5. The van der Waals surface area contributed by atoms with Crippen molar-refractivity contribution in [2.75, 3.05) is 39.4 Å². The van der Waals surface area contributed by atoms with Gasteiger partial charge in [0.1, 0.15) is 5.69 Å². The molecule has 9 nitrogen and oxygen atoms in total. The fraction of sp³-hybridized carbons (Fsp3) is 0.304. The molecular weight excluding hydrogens is 410 g/mol. The molecule has 164 valence electrons. The van der Waals surface area contributed by atoms with Gasteiger partial charge in [-0.3, -0.25) is 24.9 Å². The number of nitro benzene ring substituents is 1. The third-order valence-corrected chi connectivity index (χ3v) is 6.09. The SMILES string of the molecule is O=C1c2[nH]nc(-c3ccccc3)c2C(c2ccc([N+](=O)[O-])cc2)N1CCN1CCOCC1. The lowest BCUT2D eigenvalue weighted by molar-refractivity contribution is -0.384. The van der Waals surface area contributed by atoms with E-state index in [-0.39, 0.29) is 17.6 Å². The molecule has 0 spiro atoms. The Morgan fingerprint density at radius 3 is 2.47 bits per heavy atom. The number of morpholine rings is 1. The molecule has 0 saturated carbocycles. The van der Waals surface area contributed by atoms with Gasteiger partial charge in [0, 0.05) is 49.4 Å². The molecule has 1 N–H and O–H groups in total. The van der Waals surface area contributed by atoms with E-state index in [0.29, 0.717) is 25.5 Å². The number of benzene rings is 2. The zero-order valence-corrected chi connectivity index (χ0v) is 17.4. The van der Waals surface area contributed by atoms with Gasteiger partial charge >= 0.3 is 0 Å². The Morgan fingerprint density at radius 1 is 1.06 bits per heavy atom. The second-order valence-electron chi connectivity index (χ2n) is 7.93. The largest absolute Gasteiger partial charge is 0.379 e. The third kappa shape index (κ3) is 3.65. The summed E-state index contributed by atoms with van der Waals surface area (Å²) >= 11 is 0. The highest BCUT2D eigenvalue weighted by atomic mass is 16.6. The number of nitro groups is 1. The van der Waals surface area contributed by atoms with E-state index in [2.05, 4.69) is 15.1 Å². The predicted molar refractivity (Wildman–Crippen MR) is 117 cm³/mol. The Bertz CT molecular complexity index is 1120. The Labute approximate surface area is 184 Å². The Hall–Kier alpha value is -3.56.